The molecule has 4 atom stereocenters. The zero-order valence-electron chi connectivity index (χ0n) is 13.5. The summed E-state index contributed by atoms with van der Waals surface area (Å²) in [6.07, 6.45) is 2.54. The zero-order chi connectivity index (χ0) is 14.5. The lowest BCUT2D eigenvalue weighted by molar-refractivity contribution is 0.143. The number of hydrogen-bond donors (Lipinski definition) is 1. The van der Waals surface area contributed by atoms with Crippen LogP contribution in [0.4, 0.5) is 0 Å². The fourth-order valence-electron chi connectivity index (χ4n) is 3.81. The van der Waals surface area contributed by atoms with Gasteiger partial charge in [0.1, 0.15) is 0 Å². The van der Waals surface area contributed by atoms with Crippen LogP contribution in [0.5, 0.6) is 0 Å². The van der Waals surface area contributed by atoms with Crippen molar-refractivity contribution in [1.29, 1.82) is 0 Å². The maximum absolute atomic E-state index is 3.72. The molecule has 0 radical (unpaired) electrons. The summed E-state index contributed by atoms with van der Waals surface area (Å²) in [5.41, 5.74) is 1.42. The Morgan fingerprint density at radius 1 is 1.20 bits per heavy atom. The van der Waals surface area contributed by atoms with Crippen LogP contribution in [0.2, 0.25) is 0 Å². The lowest BCUT2D eigenvalue weighted by atomic mass is 9.95. The van der Waals surface area contributed by atoms with E-state index in [0.29, 0.717) is 18.1 Å². The molecule has 2 nitrogen and oxygen atoms in total. The van der Waals surface area contributed by atoms with Crippen LogP contribution in [-0.2, 0) is 0 Å². The van der Waals surface area contributed by atoms with Crippen LogP contribution in [0.15, 0.2) is 30.3 Å². The molecule has 1 aliphatic rings. The molecule has 1 N–H and O–H groups in total. The number of benzene rings is 1. The summed E-state index contributed by atoms with van der Waals surface area (Å²) in [7, 11) is 0. The normalized spacial score (nSPS) is 26.6. The second-order valence-electron chi connectivity index (χ2n) is 6.31. The minimum atomic E-state index is 0.443. The quantitative estimate of drug-likeness (QED) is 0.847. The van der Waals surface area contributed by atoms with Crippen molar-refractivity contribution in [2.45, 2.75) is 58.7 Å². The van der Waals surface area contributed by atoms with Crippen LogP contribution in [0.1, 0.15) is 52.1 Å². The van der Waals surface area contributed by atoms with E-state index in [0.717, 1.165) is 12.5 Å². The van der Waals surface area contributed by atoms with Crippen molar-refractivity contribution in [3.63, 3.8) is 0 Å². The number of hydrogen-bond acceptors (Lipinski definition) is 2. The van der Waals surface area contributed by atoms with Crippen molar-refractivity contribution in [3.8, 4) is 0 Å². The van der Waals surface area contributed by atoms with E-state index in [1.54, 1.807) is 0 Å². The third-order valence-corrected chi connectivity index (χ3v) is 4.64. The van der Waals surface area contributed by atoms with Gasteiger partial charge >= 0.3 is 0 Å². The van der Waals surface area contributed by atoms with E-state index in [2.05, 4.69) is 68.2 Å². The van der Waals surface area contributed by atoms with Crippen LogP contribution in [0.25, 0.3) is 0 Å². The first-order valence-corrected chi connectivity index (χ1v) is 8.21. The Hall–Kier alpha value is -0.860. The molecule has 1 aliphatic heterocycles. The van der Waals surface area contributed by atoms with Crippen molar-refractivity contribution in [3.05, 3.63) is 35.9 Å². The molecule has 0 bridgehead atoms. The van der Waals surface area contributed by atoms with E-state index < -0.39 is 0 Å². The zero-order valence-corrected chi connectivity index (χ0v) is 13.5. The summed E-state index contributed by atoms with van der Waals surface area (Å²) in [6, 6.07) is 12.7. The number of nitrogens with zero attached hydrogens (tertiary/aromatic N) is 1. The molecule has 112 valence electrons. The molecular formula is C18H30N2. The summed E-state index contributed by atoms with van der Waals surface area (Å²) in [4.78, 5) is 2.73. The van der Waals surface area contributed by atoms with E-state index >= 15 is 0 Å². The Morgan fingerprint density at radius 3 is 2.40 bits per heavy atom. The van der Waals surface area contributed by atoms with E-state index in [9.17, 15) is 0 Å². The van der Waals surface area contributed by atoms with Crippen LogP contribution in [0.3, 0.4) is 0 Å². The summed E-state index contributed by atoms with van der Waals surface area (Å²) in [6.45, 7) is 11.6. The lowest BCUT2D eigenvalue weighted by Crippen LogP contribution is -2.46. The molecule has 0 amide bonds. The average Bonchev–Trinajstić information content (AvgIpc) is 2.79. The molecular weight excluding hydrogens is 244 g/mol. The Kier molecular flexibility index (Phi) is 5.62. The molecule has 2 heteroatoms. The van der Waals surface area contributed by atoms with E-state index in [1.807, 2.05) is 0 Å². The van der Waals surface area contributed by atoms with Gasteiger partial charge in [-0.3, -0.25) is 4.90 Å². The number of nitrogens with one attached hydrogen (secondary N) is 1. The largest absolute Gasteiger partial charge is 0.309 e. The summed E-state index contributed by atoms with van der Waals surface area (Å²) >= 11 is 0. The van der Waals surface area contributed by atoms with Gasteiger partial charge in [0.25, 0.3) is 0 Å². The number of likely N-dealkylation sites (N-methyl/N-ethyl adjacent to an activating group) is 1. The van der Waals surface area contributed by atoms with Gasteiger partial charge in [-0.05, 0) is 37.8 Å². The smallest absolute Gasteiger partial charge is 0.0478 e. The van der Waals surface area contributed by atoms with Gasteiger partial charge in [-0.1, -0.05) is 51.1 Å². The molecule has 1 saturated heterocycles. The van der Waals surface area contributed by atoms with Gasteiger partial charge in [0.15, 0.2) is 0 Å². The van der Waals surface area contributed by atoms with Crippen molar-refractivity contribution in [2.24, 2.45) is 5.92 Å². The minimum absolute atomic E-state index is 0.443. The maximum atomic E-state index is 3.72. The summed E-state index contributed by atoms with van der Waals surface area (Å²) < 4.78 is 0. The Morgan fingerprint density at radius 2 is 1.90 bits per heavy atom. The van der Waals surface area contributed by atoms with Gasteiger partial charge in [0, 0.05) is 24.7 Å². The van der Waals surface area contributed by atoms with Crippen molar-refractivity contribution in [2.75, 3.05) is 13.1 Å². The number of rotatable bonds is 6. The molecule has 0 aromatic heterocycles. The van der Waals surface area contributed by atoms with Crippen LogP contribution >= 0.6 is 0 Å². The highest BCUT2D eigenvalue weighted by Gasteiger charge is 2.35. The first-order valence-electron chi connectivity index (χ1n) is 8.21. The van der Waals surface area contributed by atoms with E-state index in [1.165, 1.54) is 24.9 Å². The van der Waals surface area contributed by atoms with Gasteiger partial charge in [0.05, 0.1) is 0 Å². The highest BCUT2D eigenvalue weighted by atomic mass is 15.2. The predicted octanol–water partition coefficient (Wildman–Crippen LogP) is 3.85. The van der Waals surface area contributed by atoms with Gasteiger partial charge < -0.3 is 5.32 Å². The van der Waals surface area contributed by atoms with Crippen LogP contribution in [-0.4, -0.2) is 30.1 Å². The first kappa shape index (κ1) is 15.5. The molecule has 20 heavy (non-hydrogen) atoms. The molecule has 1 fully saturated rings. The molecule has 4 unspecified atom stereocenters. The van der Waals surface area contributed by atoms with E-state index in [4.69, 9.17) is 0 Å². The minimum Gasteiger partial charge on any atom is -0.309 e. The first-order chi connectivity index (χ1) is 9.67. The fourth-order valence-corrected chi connectivity index (χ4v) is 3.81. The van der Waals surface area contributed by atoms with Crippen molar-refractivity contribution < 1.29 is 0 Å². The topological polar surface area (TPSA) is 15.3 Å². The SMILES string of the molecule is CCNC(c1ccccc1)C(CC)N1CC(C)CC1C. The van der Waals surface area contributed by atoms with Crippen LogP contribution < -0.4 is 5.32 Å². The van der Waals surface area contributed by atoms with Gasteiger partial charge in [-0.15, -0.1) is 0 Å². The van der Waals surface area contributed by atoms with Crippen molar-refractivity contribution in [1.82, 2.24) is 10.2 Å². The Labute approximate surface area is 124 Å². The van der Waals surface area contributed by atoms with Gasteiger partial charge in [-0.25, -0.2) is 0 Å². The van der Waals surface area contributed by atoms with Crippen LogP contribution in [0, 0.1) is 5.92 Å². The lowest BCUT2D eigenvalue weighted by Gasteiger charge is -2.37. The molecule has 1 aromatic rings. The summed E-state index contributed by atoms with van der Waals surface area (Å²) in [5.74, 6) is 0.831. The summed E-state index contributed by atoms with van der Waals surface area (Å²) in [5, 5.41) is 3.72. The van der Waals surface area contributed by atoms with E-state index in [-0.39, 0.29) is 0 Å². The Bertz CT molecular complexity index is 390. The Balaban J connectivity index is 2.21. The standard InChI is InChI=1S/C18H30N2/c1-5-17(20-13-14(3)12-15(20)4)18(19-6-2)16-10-8-7-9-11-16/h7-11,14-15,17-19H,5-6,12-13H2,1-4H3. The van der Waals surface area contributed by atoms with Gasteiger partial charge in [0.2, 0.25) is 0 Å². The van der Waals surface area contributed by atoms with Crippen molar-refractivity contribution >= 4 is 0 Å². The maximum Gasteiger partial charge on any atom is 0.0478 e. The highest BCUT2D eigenvalue weighted by Crippen LogP contribution is 2.31. The fraction of sp³-hybridized carbons (Fsp3) is 0.667. The second kappa shape index (κ2) is 7.24. The molecule has 0 aliphatic carbocycles. The second-order valence-corrected chi connectivity index (χ2v) is 6.31. The third-order valence-electron chi connectivity index (χ3n) is 4.64. The molecule has 1 heterocycles. The average molecular weight is 274 g/mol. The van der Waals surface area contributed by atoms with Gasteiger partial charge in [-0.2, -0.15) is 0 Å². The molecule has 0 spiro atoms. The predicted molar refractivity (Wildman–Crippen MR) is 86.9 cm³/mol. The monoisotopic (exact) mass is 274 g/mol. The highest BCUT2D eigenvalue weighted by molar-refractivity contribution is 5.21. The molecule has 1 aromatic carbocycles. The molecule has 0 saturated carbocycles. The number of likely N-dealkylation sites (tertiary alicyclic amines) is 1. The molecule has 2 rings (SSSR count). The third kappa shape index (κ3) is 3.42.